The number of thiophene rings is 1. The molecule has 2 aromatic heterocycles. The van der Waals surface area contributed by atoms with Gasteiger partial charge in [0, 0.05) is 55.2 Å². The monoisotopic (exact) mass is 697 g/mol. The molecule has 0 bridgehead atoms. The smallest absolute Gasteiger partial charge is 0.475 e. The van der Waals surface area contributed by atoms with Crippen LogP contribution < -0.4 is 5.73 Å². The minimum atomic E-state index is -5.08. The fraction of sp³-hybridized carbons (Fsp3) is 0.562. The Morgan fingerprint density at radius 1 is 1.00 bits per heavy atom. The molecule has 47 heavy (non-hydrogen) atoms. The number of alkyl halides is 3. The first-order valence-corrected chi connectivity index (χ1v) is 18.5. The second kappa shape index (κ2) is 14.6. The zero-order valence-electron chi connectivity index (χ0n) is 26.4. The van der Waals surface area contributed by atoms with E-state index in [-0.39, 0.29) is 11.7 Å². The van der Waals surface area contributed by atoms with Gasteiger partial charge >= 0.3 is 12.1 Å². The molecule has 3 fully saturated rings. The third-order valence-electron chi connectivity index (χ3n) is 9.56. The van der Waals surface area contributed by atoms with Crippen LogP contribution in [0.1, 0.15) is 72.2 Å². The average molecular weight is 698 g/mol. The summed E-state index contributed by atoms with van der Waals surface area (Å²) < 4.78 is 58.0. The molecule has 0 saturated carbocycles. The molecular weight excluding hydrogens is 656 g/mol. The summed E-state index contributed by atoms with van der Waals surface area (Å²) >= 11 is 1.78. The highest BCUT2D eigenvalue weighted by Crippen LogP contribution is 2.38. The number of fused-ring (bicyclic) bond motifs is 1. The van der Waals surface area contributed by atoms with Gasteiger partial charge in [0.25, 0.3) is 5.91 Å². The number of hydrogen-bond acceptors (Lipinski definition) is 7. The van der Waals surface area contributed by atoms with Crippen LogP contribution in [-0.4, -0.2) is 102 Å². The maximum atomic E-state index is 12.5. The van der Waals surface area contributed by atoms with Crippen molar-refractivity contribution in [1.82, 2.24) is 19.1 Å². The second-order valence-electron chi connectivity index (χ2n) is 12.5. The van der Waals surface area contributed by atoms with E-state index in [0.29, 0.717) is 18.7 Å². The van der Waals surface area contributed by atoms with Gasteiger partial charge in [-0.2, -0.15) is 13.2 Å². The van der Waals surface area contributed by atoms with Crippen molar-refractivity contribution >= 4 is 44.1 Å². The fourth-order valence-corrected chi connectivity index (χ4v) is 9.03. The Labute approximate surface area is 276 Å². The topological polar surface area (TPSA) is 140 Å². The number of aromatic nitrogens is 1. The van der Waals surface area contributed by atoms with Gasteiger partial charge in [-0.15, -0.1) is 11.3 Å². The molecule has 3 aliphatic rings. The Kier molecular flexibility index (Phi) is 11.0. The highest BCUT2D eigenvalue weighted by molar-refractivity contribution is 7.89. The Bertz CT molecular complexity index is 1670. The van der Waals surface area contributed by atoms with Gasteiger partial charge in [-0.05, 0) is 105 Å². The van der Waals surface area contributed by atoms with E-state index in [1.165, 1.54) is 43.6 Å². The summed E-state index contributed by atoms with van der Waals surface area (Å²) in [5.41, 5.74) is 10.4. The second-order valence-corrected chi connectivity index (χ2v) is 15.7. The van der Waals surface area contributed by atoms with Crippen LogP contribution in [-0.2, 0) is 21.4 Å². The summed E-state index contributed by atoms with van der Waals surface area (Å²) in [6, 6.07) is 7.12. The molecule has 6 rings (SSSR count). The van der Waals surface area contributed by atoms with Gasteiger partial charge in [-0.1, -0.05) is 0 Å². The molecule has 3 aromatic rings. The van der Waals surface area contributed by atoms with E-state index in [0.717, 1.165) is 66.1 Å². The summed E-state index contributed by atoms with van der Waals surface area (Å²) in [5, 5.41) is 10.3. The predicted molar refractivity (Wildman–Crippen MR) is 176 cm³/mol. The number of carboxylic acids is 1. The third kappa shape index (κ3) is 8.37. The molecule has 1 amide bonds. The van der Waals surface area contributed by atoms with E-state index in [1.807, 2.05) is 12.3 Å². The van der Waals surface area contributed by atoms with Crippen LogP contribution in [0.3, 0.4) is 0 Å². The first-order valence-electron chi connectivity index (χ1n) is 16.0. The van der Waals surface area contributed by atoms with Gasteiger partial charge in [0.15, 0.2) is 0 Å². The van der Waals surface area contributed by atoms with Crippen molar-refractivity contribution in [1.29, 1.82) is 0 Å². The van der Waals surface area contributed by atoms with Crippen LogP contribution in [0.15, 0.2) is 29.8 Å². The lowest BCUT2D eigenvalue weighted by atomic mass is 9.88. The average Bonchev–Trinajstić information content (AvgIpc) is 3.83. The van der Waals surface area contributed by atoms with Crippen molar-refractivity contribution in [2.75, 3.05) is 45.0 Å². The number of nitrogens with two attached hydrogens (primary N) is 1. The molecule has 3 saturated heterocycles. The third-order valence-corrected chi connectivity index (χ3v) is 12.4. The lowest BCUT2D eigenvalue weighted by Gasteiger charge is -2.36. The lowest BCUT2D eigenvalue weighted by Crippen LogP contribution is -2.43. The number of likely N-dealkylation sites (tertiary alicyclic amines) is 2. The number of amides is 1. The molecule has 5 heterocycles. The number of piperidine rings is 2. The number of H-pyrrole nitrogens is 1. The zero-order valence-corrected chi connectivity index (χ0v) is 28.0. The molecule has 10 nitrogen and oxygen atoms in total. The van der Waals surface area contributed by atoms with Crippen molar-refractivity contribution in [3.63, 3.8) is 0 Å². The fourth-order valence-electron chi connectivity index (χ4n) is 6.96. The normalized spacial score (nSPS) is 19.6. The first kappa shape index (κ1) is 35.3. The number of sulfonamides is 1. The Morgan fingerprint density at radius 3 is 2.21 bits per heavy atom. The predicted octanol–water partition coefficient (Wildman–Crippen LogP) is 5.22. The molecule has 15 heteroatoms. The summed E-state index contributed by atoms with van der Waals surface area (Å²) in [6.45, 7) is 8.57. The van der Waals surface area contributed by atoms with Crippen LogP contribution in [0.25, 0.3) is 22.0 Å². The van der Waals surface area contributed by atoms with Crippen molar-refractivity contribution in [3.8, 4) is 11.1 Å². The number of aromatic amines is 1. The van der Waals surface area contributed by atoms with E-state index in [2.05, 4.69) is 32.3 Å². The number of carbonyl (C=O) groups excluding carboxylic acids is 1. The molecule has 0 unspecified atom stereocenters. The van der Waals surface area contributed by atoms with Gasteiger partial charge in [0.05, 0.1) is 16.8 Å². The van der Waals surface area contributed by atoms with Crippen molar-refractivity contribution in [2.45, 2.75) is 70.1 Å². The lowest BCUT2D eigenvalue weighted by molar-refractivity contribution is -0.192. The SMILES string of the molecule is CCS(=O)(=O)N1CCC(c2c[nH]c3c(C(N)=O)cc(-c4csc(CN5CCC(N6CCCC6)CC5)c4)cc23)CC1.O=C(O)C(F)(F)F. The summed E-state index contributed by atoms with van der Waals surface area (Å²) in [5.74, 6) is -2.84. The highest BCUT2D eigenvalue weighted by atomic mass is 32.2. The van der Waals surface area contributed by atoms with E-state index >= 15 is 0 Å². The molecule has 0 aliphatic carbocycles. The summed E-state index contributed by atoms with van der Waals surface area (Å²) in [7, 11) is -3.17. The van der Waals surface area contributed by atoms with Crippen molar-refractivity contribution < 1.29 is 36.3 Å². The number of halogens is 3. The first-order chi connectivity index (χ1) is 22.3. The Balaban J connectivity index is 0.000000559. The summed E-state index contributed by atoms with van der Waals surface area (Å²) in [6.07, 6.45) is 3.66. The van der Waals surface area contributed by atoms with Crippen LogP contribution in [0.5, 0.6) is 0 Å². The van der Waals surface area contributed by atoms with E-state index in [9.17, 15) is 26.4 Å². The van der Waals surface area contributed by atoms with Gasteiger partial charge in [-0.25, -0.2) is 17.5 Å². The number of aliphatic carboxylic acids is 1. The molecule has 3 aliphatic heterocycles. The molecule has 0 radical (unpaired) electrons. The number of nitrogens with zero attached hydrogens (tertiary/aromatic N) is 3. The van der Waals surface area contributed by atoms with E-state index in [1.54, 1.807) is 22.6 Å². The quantitative estimate of drug-likeness (QED) is 0.293. The maximum Gasteiger partial charge on any atom is 0.490 e. The van der Waals surface area contributed by atoms with Crippen LogP contribution in [0.4, 0.5) is 13.2 Å². The van der Waals surface area contributed by atoms with E-state index < -0.39 is 28.1 Å². The minimum Gasteiger partial charge on any atom is -0.475 e. The van der Waals surface area contributed by atoms with Gasteiger partial charge in [0.1, 0.15) is 0 Å². The maximum absolute atomic E-state index is 12.5. The van der Waals surface area contributed by atoms with Gasteiger partial charge in [-0.3, -0.25) is 9.69 Å². The number of carbonyl (C=O) groups is 2. The minimum absolute atomic E-state index is 0.135. The van der Waals surface area contributed by atoms with Crippen molar-refractivity contribution in [2.24, 2.45) is 5.73 Å². The highest BCUT2D eigenvalue weighted by Gasteiger charge is 2.38. The Hall–Kier alpha value is -2.98. The molecular formula is C32H42F3N5O5S2. The van der Waals surface area contributed by atoms with Crippen LogP contribution in [0.2, 0.25) is 0 Å². The van der Waals surface area contributed by atoms with Crippen molar-refractivity contribution in [3.05, 3.63) is 45.8 Å². The Morgan fingerprint density at radius 2 is 1.64 bits per heavy atom. The standard InChI is InChI=1S/C30H41N5O3S2.C2HF3O2/c1-2-40(37,38)35-13-5-21(6-14-35)28-18-32-29-26(28)16-22(17-27(29)30(31)36)23-15-25(39-20-23)19-33-11-7-24(8-12-33)34-9-3-4-10-34;3-2(4,5)1(6)7/h15-18,20-21,24,32H,2-14,19H2,1H3,(H2,31,36);(H,6,7). The molecule has 4 N–H and O–H groups in total. The number of carboxylic acid groups (broad SMARTS) is 1. The van der Waals surface area contributed by atoms with Crippen LogP contribution in [0, 0.1) is 0 Å². The van der Waals surface area contributed by atoms with Gasteiger partial charge in [0.2, 0.25) is 10.0 Å². The number of rotatable bonds is 8. The molecule has 0 spiro atoms. The number of hydrogen-bond donors (Lipinski definition) is 3. The molecule has 0 atom stereocenters. The molecule has 1 aromatic carbocycles. The van der Waals surface area contributed by atoms with Gasteiger partial charge < -0.3 is 20.7 Å². The summed E-state index contributed by atoms with van der Waals surface area (Å²) in [4.78, 5) is 31.3. The molecule has 258 valence electrons. The zero-order chi connectivity index (χ0) is 33.9. The van der Waals surface area contributed by atoms with E-state index in [4.69, 9.17) is 15.6 Å². The van der Waals surface area contributed by atoms with Crippen LogP contribution >= 0.6 is 11.3 Å². The number of primary amides is 1. The number of benzene rings is 1. The largest absolute Gasteiger partial charge is 0.490 e. The number of nitrogens with one attached hydrogen (secondary N) is 1.